The van der Waals surface area contributed by atoms with Crippen molar-refractivity contribution >= 4 is 12.0 Å². The molecule has 1 aromatic rings. The summed E-state index contributed by atoms with van der Waals surface area (Å²) in [6.07, 6.45) is 10.2. The smallest absolute Gasteiger partial charge is 0.125 e. The highest BCUT2D eigenvalue weighted by Crippen LogP contribution is 2.41. The van der Waals surface area contributed by atoms with Crippen LogP contribution in [0.1, 0.15) is 25.7 Å². The average Bonchev–Trinajstić information content (AvgIpc) is 2.98. The Morgan fingerprint density at radius 3 is 2.75 bits per heavy atom. The van der Waals surface area contributed by atoms with E-state index in [0.29, 0.717) is 0 Å². The Bertz CT molecular complexity index is 379. The van der Waals surface area contributed by atoms with Gasteiger partial charge in [0.05, 0.1) is 11.7 Å². The number of carbonyl (C=O) groups excluding carboxylic acids is 1. The zero-order valence-corrected chi connectivity index (χ0v) is 9.43. The molecule has 0 aromatic carbocycles. The maximum absolute atomic E-state index is 10.6. The maximum atomic E-state index is 10.6. The average molecular weight is 217 g/mol. The Balaban J connectivity index is 1.70. The number of hydrogen-bond donors (Lipinski definition) is 0. The number of anilines is 1. The van der Waals surface area contributed by atoms with E-state index in [-0.39, 0.29) is 5.92 Å². The van der Waals surface area contributed by atoms with Gasteiger partial charge < -0.3 is 14.3 Å². The van der Waals surface area contributed by atoms with Crippen LogP contribution in [0.2, 0.25) is 0 Å². The predicted molar refractivity (Wildman–Crippen MR) is 63.3 cm³/mol. The van der Waals surface area contributed by atoms with Crippen LogP contribution in [0.4, 0.5) is 5.69 Å². The third-order valence-corrected chi connectivity index (χ3v) is 3.59. The highest BCUT2D eigenvalue weighted by Gasteiger charge is 2.39. The lowest BCUT2D eigenvalue weighted by atomic mass is 10.1. The third kappa shape index (κ3) is 1.75. The van der Waals surface area contributed by atoms with Gasteiger partial charge in [-0.3, -0.25) is 0 Å². The highest BCUT2D eigenvalue weighted by molar-refractivity contribution is 5.64. The molecule has 0 bridgehead atoms. The van der Waals surface area contributed by atoms with E-state index in [1.807, 2.05) is 0 Å². The third-order valence-electron chi connectivity index (χ3n) is 3.59. The quantitative estimate of drug-likeness (QED) is 0.724. The second kappa shape index (κ2) is 3.96. The Labute approximate surface area is 96.0 Å². The van der Waals surface area contributed by atoms with Crippen molar-refractivity contribution in [3.05, 3.63) is 24.5 Å². The first-order valence-corrected chi connectivity index (χ1v) is 6.13. The maximum Gasteiger partial charge on any atom is 0.125 e. The number of carbonyl (C=O) groups is 1. The SMILES string of the molecule is O=CC1C[C]1n1ccc(N2CCCCC2)c1. The molecule has 1 atom stereocenters. The molecule has 2 aliphatic rings. The van der Waals surface area contributed by atoms with Gasteiger partial charge in [0.1, 0.15) is 6.29 Å². The van der Waals surface area contributed by atoms with E-state index in [0.717, 1.165) is 12.7 Å². The zero-order valence-electron chi connectivity index (χ0n) is 9.43. The normalized spacial score (nSPS) is 25.8. The van der Waals surface area contributed by atoms with Crippen LogP contribution in [0.3, 0.4) is 0 Å². The van der Waals surface area contributed by atoms with Crippen molar-refractivity contribution in [1.82, 2.24) is 4.57 Å². The molecule has 3 heteroatoms. The van der Waals surface area contributed by atoms with E-state index in [1.54, 1.807) is 0 Å². The minimum atomic E-state index is 0.182. The monoisotopic (exact) mass is 217 g/mol. The molecular weight excluding hydrogens is 200 g/mol. The van der Waals surface area contributed by atoms with E-state index >= 15 is 0 Å². The summed E-state index contributed by atoms with van der Waals surface area (Å²) in [7, 11) is 0. The predicted octanol–water partition coefficient (Wildman–Crippen LogP) is 2.08. The number of nitrogens with zero attached hydrogens (tertiary/aromatic N) is 2. The molecule has 16 heavy (non-hydrogen) atoms. The van der Waals surface area contributed by atoms with Gasteiger partial charge in [0.2, 0.25) is 0 Å². The van der Waals surface area contributed by atoms with Crippen LogP contribution in [0.15, 0.2) is 18.5 Å². The van der Waals surface area contributed by atoms with Crippen LogP contribution in [-0.2, 0) is 4.79 Å². The molecular formula is C13H17N2O. The number of rotatable bonds is 3. The standard InChI is InChI=1S/C13H17N2O/c16-10-11-8-13(11)15-7-4-12(9-15)14-5-2-1-3-6-14/h4,7,9-11H,1-3,5-6,8H2. The van der Waals surface area contributed by atoms with Crippen molar-refractivity contribution in [2.75, 3.05) is 18.0 Å². The lowest BCUT2D eigenvalue weighted by Crippen LogP contribution is -2.28. The van der Waals surface area contributed by atoms with E-state index in [1.165, 1.54) is 44.1 Å². The number of piperidine rings is 1. The molecule has 0 amide bonds. The number of hydrogen-bond acceptors (Lipinski definition) is 2. The van der Waals surface area contributed by atoms with Crippen molar-refractivity contribution in [2.45, 2.75) is 25.7 Å². The van der Waals surface area contributed by atoms with Gasteiger partial charge in [-0.2, -0.15) is 0 Å². The fourth-order valence-electron chi connectivity index (χ4n) is 2.49. The number of aromatic nitrogens is 1. The molecule has 0 N–H and O–H groups in total. The fraction of sp³-hybridized carbons (Fsp3) is 0.538. The Morgan fingerprint density at radius 1 is 1.25 bits per heavy atom. The van der Waals surface area contributed by atoms with Crippen molar-refractivity contribution in [3.63, 3.8) is 0 Å². The molecule has 85 valence electrons. The molecule has 2 fully saturated rings. The van der Waals surface area contributed by atoms with Gasteiger partial charge in [-0.1, -0.05) is 0 Å². The Kier molecular flexibility index (Phi) is 2.46. The van der Waals surface area contributed by atoms with Crippen molar-refractivity contribution in [1.29, 1.82) is 0 Å². The molecule has 3 nitrogen and oxygen atoms in total. The molecule has 1 saturated heterocycles. The first kappa shape index (κ1) is 9.94. The van der Waals surface area contributed by atoms with Gasteiger partial charge in [-0.25, -0.2) is 0 Å². The van der Waals surface area contributed by atoms with E-state index in [4.69, 9.17) is 0 Å². The molecule has 1 radical (unpaired) electrons. The van der Waals surface area contributed by atoms with Crippen LogP contribution < -0.4 is 4.90 Å². The minimum Gasteiger partial charge on any atom is -0.370 e. The Hall–Kier alpha value is -1.25. The largest absolute Gasteiger partial charge is 0.370 e. The van der Waals surface area contributed by atoms with E-state index in [9.17, 15) is 4.79 Å². The first-order chi connectivity index (χ1) is 7.88. The van der Waals surface area contributed by atoms with Crippen LogP contribution >= 0.6 is 0 Å². The summed E-state index contributed by atoms with van der Waals surface area (Å²) in [6.45, 7) is 2.35. The molecule has 1 saturated carbocycles. The van der Waals surface area contributed by atoms with Crippen molar-refractivity contribution in [2.24, 2.45) is 5.92 Å². The van der Waals surface area contributed by atoms with Gasteiger partial charge in [0.25, 0.3) is 0 Å². The number of aldehydes is 1. The van der Waals surface area contributed by atoms with Gasteiger partial charge in [-0.15, -0.1) is 0 Å². The van der Waals surface area contributed by atoms with E-state index < -0.39 is 0 Å². The van der Waals surface area contributed by atoms with Gasteiger partial charge in [0.15, 0.2) is 0 Å². The van der Waals surface area contributed by atoms with Gasteiger partial charge >= 0.3 is 0 Å². The summed E-state index contributed by atoms with van der Waals surface area (Å²) in [5.41, 5.74) is 1.31. The zero-order chi connectivity index (χ0) is 11.0. The summed E-state index contributed by atoms with van der Waals surface area (Å²) in [5.74, 6) is 0.182. The second-order valence-electron chi connectivity index (χ2n) is 4.76. The van der Waals surface area contributed by atoms with Crippen LogP contribution in [-0.4, -0.2) is 23.9 Å². The summed E-state index contributed by atoms with van der Waals surface area (Å²) in [5, 5.41) is 0. The van der Waals surface area contributed by atoms with Gasteiger partial charge in [0, 0.05) is 31.4 Å². The molecule has 2 heterocycles. The first-order valence-electron chi connectivity index (χ1n) is 6.13. The van der Waals surface area contributed by atoms with Crippen LogP contribution in [0, 0.1) is 12.0 Å². The molecule has 1 aliphatic carbocycles. The van der Waals surface area contributed by atoms with Crippen LogP contribution in [0.25, 0.3) is 0 Å². The lowest BCUT2D eigenvalue weighted by molar-refractivity contribution is -0.108. The molecule has 1 aliphatic heterocycles. The fourth-order valence-corrected chi connectivity index (χ4v) is 2.49. The molecule has 3 rings (SSSR count). The second-order valence-corrected chi connectivity index (χ2v) is 4.76. The topological polar surface area (TPSA) is 25.2 Å². The lowest BCUT2D eigenvalue weighted by Gasteiger charge is -2.27. The van der Waals surface area contributed by atoms with Crippen molar-refractivity contribution in [3.8, 4) is 0 Å². The molecule has 1 aromatic heterocycles. The van der Waals surface area contributed by atoms with Crippen molar-refractivity contribution < 1.29 is 4.79 Å². The summed E-state index contributed by atoms with van der Waals surface area (Å²) in [6, 6.07) is 3.41. The highest BCUT2D eigenvalue weighted by atomic mass is 16.1. The Morgan fingerprint density at radius 2 is 2.06 bits per heavy atom. The summed E-state index contributed by atoms with van der Waals surface area (Å²) in [4.78, 5) is 13.1. The molecule has 0 spiro atoms. The van der Waals surface area contributed by atoms with Gasteiger partial charge in [-0.05, 0) is 31.7 Å². The van der Waals surface area contributed by atoms with Crippen LogP contribution in [0.5, 0.6) is 0 Å². The van der Waals surface area contributed by atoms with E-state index in [2.05, 4.69) is 27.9 Å². The summed E-state index contributed by atoms with van der Waals surface area (Å²) >= 11 is 0. The minimum absolute atomic E-state index is 0.182. The molecule has 1 unspecified atom stereocenters. The summed E-state index contributed by atoms with van der Waals surface area (Å²) < 4.78 is 2.13.